The average Bonchev–Trinajstić information content (AvgIpc) is 2.37. The summed E-state index contributed by atoms with van der Waals surface area (Å²) in [6.07, 6.45) is 0. The second-order valence-corrected chi connectivity index (χ2v) is 7.56. The maximum Gasteiger partial charge on any atom is 0.262 e. The first-order chi connectivity index (χ1) is 9.66. The van der Waals surface area contributed by atoms with Crippen molar-refractivity contribution in [3.63, 3.8) is 0 Å². The Morgan fingerprint density at radius 3 is 2.52 bits per heavy atom. The first-order valence-electron chi connectivity index (χ1n) is 5.99. The van der Waals surface area contributed by atoms with E-state index in [1.165, 1.54) is 6.07 Å². The zero-order chi connectivity index (χ0) is 16.2. The molecular formula is C12H14Cl3NO4S. The van der Waals surface area contributed by atoms with Gasteiger partial charge in [-0.2, -0.15) is 0 Å². The summed E-state index contributed by atoms with van der Waals surface area (Å²) in [5.41, 5.74) is 0.0481. The molecule has 1 aromatic rings. The van der Waals surface area contributed by atoms with Crippen LogP contribution in [0.25, 0.3) is 0 Å². The summed E-state index contributed by atoms with van der Waals surface area (Å²) in [7, 11) is 1.16. The van der Waals surface area contributed by atoms with Crippen LogP contribution in [-0.4, -0.2) is 33.6 Å². The Morgan fingerprint density at radius 1 is 1.38 bits per heavy atom. The fourth-order valence-electron chi connectivity index (χ4n) is 1.52. The molecule has 0 heterocycles. The van der Waals surface area contributed by atoms with Gasteiger partial charge in [0.25, 0.3) is 15.0 Å². The van der Waals surface area contributed by atoms with E-state index in [0.29, 0.717) is 13.2 Å². The van der Waals surface area contributed by atoms with Gasteiger partial charge in [0.2, 0.25) is 0 Å². The fraction of sp³-hybridized carbons (Fsp3) is 0.417. The molecule has 1 rings (SSSR count). The normalized spacial score (nSPS) is 13.0. The quantitative estimate of drug-likeness (QED) is 0.777. The van der Waals surface area contributed by atoms with Crippen molar-refractivity contribution in [2.45, 2.75) is 24.8 Å². The zero-order valence-corrected chi connectivity index (χ0v) is 14.4. The molecule has 0 aliphatic rings. The maximum absolute atomic E-state index is 12.1. The van der Waals surface area contributed by atoms with Crippen LogP contribution in [0.1, 0.15) is 24.2 Å². The number of benzene rings is 1. The topological polar surface area (TPSA) is 72.5 Å². The first kappa shape index (κ1) is 18.5. The highest BCUT2D eigenvalue weighted by Crippen LogP contribution is 2.32. The van der Waals surface area contributed by atoms with Crippen LogP contribution in [0.2, 0.25) is 10.0 Å². The predicted molar refractivity (Wildman–Crippen MR) is 82.9 cm³/mol. The number of amides is 1. The van der Waals surface area contributed by atoms with Crippen molar-refractivity contribution < 1.29 is 17.9 Å². The van der Waals surface area contributed by atoms with E-state index in [2.05, 4.69) is 5.32 Å². The van der Waals surface area contributed by atoms with Crippen molar-refractivity contribution in [3.8, 4) is 0 Å². The Bertz CT molecular complexity index is 634. The summed E-state index contributed by atoms with van der Waals surface area (Å²) in [4.78, 5) is 11.7. The number of nitrogens with one attached hydrogen (secondary N) is 1. The summed E-state index contributed by atoms with van der Waals surface area (Å²) in [5, 5.41) is 2.37. The lowest BCUT2D eigenvalue weighted by atomic mass is 10.2. The second kappa shape index (κ2) is 7.65. The van der Waals surface area contributed by atoms with Crippen molar-refractivity contribution >= 4 is 48.8 Å². The lowest BCUT2D eigenvalue weighted by Crippen LogP contribution is -2.36. The van der Waals surface area contributed by atoms with E-state index in [0.717, 1.165) is 6.07 Å². The Labute approximate surface area is 137 Å². The van der Waals surface area contributed by atoms with Crippen molar-refractivity contribution in [2.75, 3.05) is 13.2 Å². The Morgan fingerprint density at radius 2 is 2.00 bits per heavy atom. The zero-order valence-electron chi connectivity index (χ0n) is 11.3. The van der Waals surface area contributed by atoms with Crippen LogP contribution in [-0.2, 0) is 13.8 Å². The van der Waals surface area contributed by atoms with Crippen LogP contribution >= 0.6 is 33.9 Å². The van der Waals surface area contributed by atoms with Gasteiger partial charge in [-0.1, -0.05) is 23.2 Å². The number of halogens is 3. The monoisotopic (exact) mass is 373 g/mol. The van der Waals surface area contributed by atoms with Crippen LogP contribution in [0.3, 0.4) is 0 Å². The molecule has 0 aromatic heterocycles. The van der Waals surface area contributed by atoms with Crippen LogP contribution in [0.5, 0.6) is 0 Å². The molecule has 118 valence electrons. The van der Waals surface area contributed by atoms with E-state index < -0.39 is 19.9 Å². The molecule has 1 N–H and O–H groups in total. The highest BCUT2D eigenvalue weighted by atomic mass is 35.7. The molecule has 0 fully saturated rings. The summed E-state index contributed by atoms with van der Waals surface area (Å²) in [6.45, 7) is 4.46. The minimum atomic E-state index is -4.10. The van der Waals surface area contributed by atoms with Gasteiger partial charge in [0.05, 0.1) is 16.7 Å². The van der Waals surface area contributed by atoms with Gasteiger partial charge in [-0.05, 0) is 26.0 Å². The van der Waals surface area contributed by atoms with Crippen molar-refractivity contribution in [1.82, 2.24) is 5.32 Å². The number of carbonyl (C=O) groups is 1. The molecule has 0 spiro atoms. The largest absolute Gasteiger partial charge is 0.380 e. The van der Waals surface area contributed by atoms with E-state index >= 15 is 0 Å². The van der Waals surface area contributed by atoms with Crippen LogP contribution in [0.15, 0.2) is 17.0 Å². The van der Waals surface area contributed by atoms with Crippen molar-refractivity contribution in [1.29, 1.82) is 0 Å². The third-order valence-corrected chi connectivity index (χ3v) is 4.73. The van der Waals surface area contributed by atoms with Gasteiger partial charge in [-0.15, -0.1) is 0 Å². The summed E-state index contributed by atoms with van der Waals surface area (Å²) in [6, 6.07) is 2.11. The minimum absolute atomic E-state index is 0.0481. The number of ether oxygens (including phenoxy) is 1. The van der Waals surface area contributed by atoms with Gasteiger partial charge in [-0.3, -0.25) is 4.79 Å². The number of hydrogen-bond donors (Lipinski definition) is 1. The van der Waals surface area contributed by atoms with E-state index in [4.69, 9.17) is 38.6 Å². The Balaban J connectivity index is 3.04. The highest BCUT2D eigenvalue weighted by Gasteiger charge is 2.21. The van der Waals surface area contributed by atoms with Crippen molar-refractivity contribution in [3.05, 3.63) is 27.7 Å². The smallest absolute Gasteiger partial charge is 0.262 e. The molecule has 21 heavy (non-hydrogen) atoms. The first-order valence-corrected chi connectivity index (χ1v) is 9.05. The van der Waals surface area contributed by atoms with Crippen LogP contribution in [0, 0.1) is 0 Å². The Kier molecular flexibility index (Phi) is 6.74. The number of hydrogen-bond acceptors (Lipinski definition) is 4. The van der Waals surface area contributed by atoms with E-state index in [9.17, 15) is 13.2 Å². The third-order valence-electron chi connectivity index (χ3n) is 2.47. The predicted octanol–water partition coefficient (Wildman–Crippen LogP) is 3.08. The molecule has 0 aliphatic carbocycles. The van der Waals surface area contributed by atoms with E-state index in [-0.39, 0.29) is 21.7 Å². The van der Waals surface area contributed by atoms with Gasteiger partial charge in [0, 0.05) is 28.9 Å². The van der Waals surface area contributed by atoms with Crippen LogP contribution < -0.4 is 5.32 Å². The lowest BCUT2D eigenvalue weighted by molar-refractivity contribution is 0.0872. The third kappa shape index (κ3) is 5.30. The standard InChI is InChI=1S/C12H14Cl3NO4S/c1-3-20-6-7(2)16-12(17)8-4-9(13)11(14)10(5-8)21(15,18)19/h4-5,7H,3,6H2,1-2H3,(H,16,17). The second-order valence-electron chi connectivity index (χ2n) is 4.24. The molecule has 0 saturated heterocycles. The molecule has 1 aromatic carbocycles. The fourth-order valence-corrected chi connectivity index (χ4v) is 3.28. The number of rotatable bonds is 6. The molecule has 1 atom stereocenters. The molecule has 1 unspecified atom stereocenters. The Hall–Kier alpha value is -0.530. The summed E-state index contributed by atoms with van der Waals surface area (Å²) < 4.78 is 28.0. The maximum atomic E-state index is 12.1. The van der Waals surface area contributed by atoms with Crippen molar-refractivity contribution in [2.24, 2.45) is 0 Å². The number of carbonyl (C=O) groups excluding carboxylic acids is 1. The summed E-state index contributed by atoms with van der Waals surface area (Å²) >= 11 is 11.6. The van der Waals surface area contributed by atoms with Gasteiger partial charge in [0.15, 0.2) is 0 Å². The molecule has 0 bridgehead atoms. The van der Waals surface area contributed by atoms with Gasteiger partial charge >= 0.3 is 0 Å². The molecule has 0 aliphatic heterocycles. The van der Waals surface area contributed by atoms with E-state index in [1.807, 2.05) is 6.92 Å². The minimum Gasteiger partial charge on any atom is -0.380 e. The molecule has 0 radical (unpaired) electrons. The van der Waals surface area contributed by atoms with E-state index in [1.54, 1.807) is 6.92 Å². The molecular weight excluding hydrogens is 361 g/mol. The summed E-state index contributed by atoms with van der Waals surface area (Å²) in [5.74, 6) is -0.498. The molecule has 0 saturated carbocycles. The molecule has 1 amide bonds. The molecule has 9 heteroatoms. The SMILES string of the molecule is CCOCC(C)NC(=O)c1cc(Cl)c(Cl)c(S(=O)(=O)Cl)c1. The van der Waals surface area contributed by atoms with Gasteiger partial charge < -0.3 is 10.1 Å². The molecule has 5 nitrogen and oxygen atoms in total. The lowest BCUT2D eigenvalue weighted by Gasteiger charge is -2.14. The van der Waals surface area contributed by atoms with Gasteiger partial charge in [-0.25, -0.2) is 8.42 Å². The van der Waals surface area contributed by atoms with Gasteiger partial charge in [0.1, 0.15) is 4.90 Å². The highest BCUT2D eigenvalue weighted by molar-refractivity contribution is 8.13. The van der Waals surface area contributed by atoms with Crippen LogP contribution in [0.4, 0.5) is 0 Å². The average molecular weight is 375 g/mol.